The van der Waals surface area contributed by atoms with E-state index in [1.165, 1.54) is 0 Å². The standard InChI is InChI=1S/C14H25N3O4/c15-14(19)16-13(18)5-6-17(9-11-3-1-7-20-11)10-12-4-2-8-21-12/h11-12H,1-10H2,(H3,15,16,18,19). The number of carbonyl (C=O) groups excluding carboxylic acids is 2. The molecule has 0 aromatic heterocycles. The van der Waals surface area contributed by atoms with Gasteiger partial charge in [-0.05, 0) is 25.7 Å². The number of nitrogens with one attached hydrogen (secondary N) is 1. The van der Waals surface area contributed by atoms with Crippen molar-refractivity contribution >= 4 is 11.9 Å². The first kappa shape index (κ1) is 16.2. The molecule has 2 aliphatic heterocycles. The van der Waals surface area contributed by atoms with Gasteiger partial charge in [0.15, 0.2) is 0 Å². The minimum atomic E-state index is -0.801. The highest BCUT2D eigenvalue weighted by Crippen LogP contribution is 2.17. The summed E-state index contributed by atoms with van der Waals surface area (Å²) in [7, 11) is 0. The van der Waals surface area contributed by atoms with E-state index in [-0.39, 0.29) is 24.5 Å². The van der Waals surface area contributed by atoms with E-state index in [1.807, 2.05) is 0 Å². The zero-order chi connectivity index (χ0) is 15.1. The normalized spacial score (nSPS) is 25.4. The van der Waals surface area contributed by atoms with E-state index in [2.05, 4.69) is 10.2 Å². The van der Waals surface area contributed by atoms with Crippen molar-refractivity contribution in [2.45, 2.75) is 44.3 Å². The Morgan fingerprint density at radius 3 is 2.10 bits per heavy atom. The minimum absolute atomic E-state index is 0.241. The van der Waals surface area contributed by atoms with Gasteiger partial charge in [-0.2, -0.15) is 0 Å². The number of carbonyl (C=O) groups is 2. The summed E-state index contributed by atoms with van der Waals surface area (Å²) in [4.78, 5) is 24.4. The molecule has 0 spiro atoms. The lowest BCUT2D eigenvalue weighted by Gasteiger charge is -2.27. The van der Waals surface area contributed by atoms with E-state index >= 15 is 0 Å². The van der Waals surface area contributed by atoms with Crippen LogP contribution < -0.4 is 11.1 Å². The summed E-state index contributed by atoms with van der Waals surface area (Å²) in [6, 6.07) is -0.801. The van der Waals surface area contributed by atoms with Gasteiger partial charge >= 0.3 is 6.03 Å². The predicted octanol–water partition coefficient (Wildman–Crippen LogP) is 0.231. The number of imide groups is 1. The minimum Gasteiger partial charge on any atom is -0.377 e. The van der Waals surface area contributed by atoms with Crippen molar-refractivity contribution in [3.63, 3.8) is 0 Å². The number of ether oxygens (including phenoxy) is 2. The molecule has 0 aliphatic carbocycles. The summed E-state index contributed by atoms with van der Waals surface area (Å²) in [6.45, 7) is 3.84. The molecule has 2 saturated heterocycles. The molecule has 2 atom stereocenters. The van der Waals surface area contributed by atoms with Crippen molar-refractivity contribution in [1.82, 2.24) is 10.2 Å². The summed E-state index contributed by atoms with van der Waals surface area (Å²) >= 11 is 0. The van der Waals surface area contributed by atoms with Gasteiger partial charge in [-0.3, -0.25) is 15.0 Å². The highest BCUT2D eigenvalue weighted by molar-refractivity contribution is 5.93. The summed E-state index contributed by atoms with van der Waals surface area (Å²) in [6.07, 6.45) is 5.06. The van der Waals surface area contributed by atoms with E-state index < -0.39 is 6.03 Å². The average Bonchev–Trinajstić information content (AvgIpc) is 3.08. The number of nitrogens with zero attached hydrogens (tertiary/aromatic N) is 1. The number of primary amides is 1. The Hall–Kier alpha value is -1.18. The quantitative estimate of drug-likeness (QED) is 0.702. The second-order valence-electron chi connectivity index (χ2n) is 5.69. The maximum atomic E-state index is 11.5. The van der Waals surface area contributed by atoms with Crippen LogP contribution in [0.4, 0.5) is 4.79 Å². The number of nitrogens with two attached hydrogens (primary N) is 1. The van der Waals surface area contributed by atoms with Crippen molar-refractivity contribution < 1.29 is 19.1 Å². The van der Waals surface area contributed by atoms with Crippen LogP contribution in [0.25, 0.3) is 0 Å². The van der Waals surface area contributed by atoms with Crippen LogP contribution >= 0.6 is 0 Å². The maximum Gasteiger partial charge on any atom is 0.318 e. The molecule has 0 saturated carbocycles. The summed E-state index contributed by atoms with van der Waals surface area (Å²) in [5.41, 5.74) is 4.94. The van der Waals surface area contributed by atoms with Gasteiger partial charge < -0.3 is 15.2 Å². The van der Waals surface area contributed by atoms with E-state index in [4.69, 9.17) is 15.2 Å². The molecule has 0 aromatic carbocycles. The number of urea groups is 1. The van der Waals surface area contributed by atoms with E-state index in [0.29, 0.717) is 6.54 Å². The summed E-state index contributed by atoms with van der Waals surface area (Å²) < 4.78 is 11.3. The first-order chi connectivity index (χ1) is 10.1. The maximum absolute atomic E-state index is 11.5. The van der Waals surface area contributed by atoms with Gasteiger partial charge in [0.1, 0.15) is 0 Å². The number of rotatable bonds is 7. The number of amides is 3. The van der Waals surface area contributed by atoms with Crippen LogP contribution in [-0.4, -0.2) is 61.9 Å². The molecule has 2 aliphatic rings. The second-order valence-corrected chi connectivity index (χ2v) is 5.69. The fraction of sp³-hybridized carbons (Fsp3) is 0.857. The van der Waals surface area contributed by atoms with Gasteiger partial charge in [-0.15, -0.1) is 0 Å². The number of hydrogen-bond acceptors (Lipinski definition) is 5. The second kappa shape index (κ2) is 8.31. The van der Waals surface area contributed by atoms with Gasteiger partial charge in [-0.1, -0.05) is 0 Å². The van der Waals surface area contributed by atoms with Crippen LogP contribution in [0.3, 0.4) is 0 Å². The Balaban J connectivity index is 1.78. The third-order valence-electron chi connectivity index (χ3n) is 3.89. The van der Waals surface area contributed by atoms with Gasteiger partial charge in [0.05, 0.1) is 12.2 Å². The van der Waals surface area contributed by atoms with Crippen LogP contribution in [0.15, 0.2) is 0 Å². The molecule has 3 amide bonds. The van der Waals surface area contributed by atoms with Gasteiger partial charge in [0, 0.05) is 39.3 Å². The van der Waals surface area contributed by atoms with Crippen molar-refractivity contribution in [3.8, 4) is 0 Å². The molecule has 0 aromatic rings. The van der Waals surface area contributed by atoms with Crippen LogP contribution in [0, 0.1) is 0 Å². The Morgan fingerprint density at radius 2 is 1.67 bits per heavy atom. The lowest BCUT2D eigenvalue weighted by molar-refractivity contribution is -0.120. The van der Waals surface area contributed by atoms with Gasteiger partial charge in [-0.25, -0.2) is 4.79 Å². The molecule has 120 valence electrons. The van der Waals surface area contributed by atoms with Crippen LogP contribution in [0.5, 0.6) is 0 Å². The Labute approximate surface area is 125 Å². The fourth-order valence-corrected chi connectivity index (χ4v) is 2.87. The highest BCUT2D eigenvalue weighted by Gasteiger charge is 2.24. The molecule has 3 N–H and O–H groups in total. The van der Waals surface area contributed by atoms with E-state index in [1.54, 1.807) is 0 Å². The van der Waals surface area contributed by atoms with Crippen LogP contribution in [0.2, 0.25) is 0 Å². The monoisotopic (exact) mass is 299 g/mol. The van der Waals surface area contributed by atoms with Crippen molar-refractivity contribution in [2.75, 3.05) is 32.8 Å². The molecule has 2 unspecified atom stereocenters. The van der Waals surface area contributed by atoms with Crippen molar-refractivity contribution in [2.24, 2.45) is 5.73 Å². The van der Waals surface area contributed by atoms with Gasteiger partial charge in [0.2, 0.25) is 5.91 Å². The molecule has 21 heavy (non-hydrogen) atoms. The van der Waals surface area contributed by atoms with Crippen molar-refractivity contribution in [1.29, 1.82) is 0 Å². The first-order valence-electron chi connectivity index (χ1n) is 7.68. The molecular formula is C14H25N3O4. The van der Waals surface area contributed by atoms with E-state index in [9.17, 15) is 9.59 Å². The molecule has 2 rings (SSSR count). The molecule has 7 nitrogen and oxygen atoms in total. The Morgan fingerprint density at radius 1 is 1.10 bits per heavy atom. The van der Waals surface area contributed by atoms with E-state index in [0.717, 1.165) is 52.0 Å². The largest absolute Gasteiger partial charge is 0.377 e. The third-order valence-corrected chi connectivity index (χ3v) is 3.89. The molecule has 2 heterocycles. The smallest absolute Gasteiger partial charge is 0.318 e. The van der Waals surface area contributed by atoms with Crippen LogP contribution in [-0.2, 0) is 14.3 Å². The van der Waals surface area contributed by atoms with Crippen molar-refractivity contribution in [3.05, 3.63) is 0 Å². The van der Waals surface area contributed by atoms with Gasteiger partial charge in [0.25, 0.3) is 0 Å². The first-order valence-corrected chi connectivity index (χ1v) is 7.68. The number of hydrogen-bond donors (Lipinski definition) is 2. The molecule has 2 fully saturated rings. The molecule has 0 radical (unpaired) electrons. The topological polar surface area (TPSA) is 93.9 Å². The average molecular weight is 299 g/mol. The molecular weight excluding hydrogens is 274 g/mol. The zero-order valence-electron chi connectivity index (χ0n) is 12.4. The summed E-state index contributed by atoms with van der Waals surface area (Å²) in [5, 5.41) is 2.10. The zero-order valence-corrected chi connectivity index (χ0v) is 12.4. The highest BCUT2D eigenvalue weighted by atomic mass is 16.5. The molecule has 7 heteroatoms. The SMILES string of the molecule is NC(=O)NC(=O)CCN(CC1CCCO1)CC1CCCO1. The Bertz CT molecular complexity index is 334. The molecule has 0 bridgehead atoms. The summed E-state index contributed by atoms with van der Waals surface area (Å²) in [5.74, 6) is -0.341. The lowest BCUT2D eigenvalue weighted by Crippen LogP contribution is -2.41. The lowest BCUT2D eigenvalue weighted by atomic mass is 10.2. The van der Waals surface area contributed by atoms with Crippen LogP contribution in [0.1, 0.15) is 32.1 Å². The predicted molar refractivity (Wildman–Crippen MR) is 76.7 cm³/mol. The Kier molecular flexibility index (Phi) is 6.41. The third kappa shape index (κ3) is 5.99. The fourth-order valence-electron chi connectivity index (χ4n) is 2.87.